The number of halogens is 1. The zero-order chi connectivity index (χ0) is 32.0. The van der Waals surface area contributed by atoms with Crippen LogP contribution >= 0.6 is 22.9 Å². The first-order valence-corrected chi connectivity index (χ1v) is 20.5. The molecule has 1 atom stereocenters. The van der Waals surface area contributed by atoms with E-state index in [2.05, 4.69) is 71.2 Å². The van der Waals surface area contributed by atoms with Crippen molar-refractivity contribution in [3.8, 4) is 0 Å². The molecule has 0 radical (unpaired) electrons. The number of rotatable bonds is 37. The minimum atomic E-state index is 0.189. The smallest absolute Gasteiger partial charge is 0.0942 e. The molecule has 4 heteroatoms. The maximum absolute atomic E-state index is 6.22. The van der Waals surface area contributed by atoms with Crippen molar-refractivity contribution < 1.29 is 9.47 Å². The van der Waals surface area contributed by atoms with E-state index in [1.807, 2.05) is 0 Å². The van der Waals surface area contributed by atoms with E-state index < -0.39 is 0 Å². The Morgan fingerprint density at radius 1 is 0.477 bits per heavy atom. The van der Waals surface area contributed by atoms with Gasteiger partial charge in [0, 0.05) is 42.6 Å². The van der Waals surface area contributed by atoms with Gasteiger partial charge >= 0.3 is 0 Å². The highest BCUT2D eigenvalue weighted by Gasteiger charge is 2.11. The zero-order valence-corrected chi connectivity index (χ0v) is 32.3. The second kappa shape index (κ2) is 39.3. The van der Waals surface area contributed by atoms with Gasteiger partial charge in [0.05, 0.1) is 12.7 Å². The summed E-state index contributed by atoms with van der Waals surface area (Å²) in [6.07, 6.45) is 47.6. The number of allylic oxidation sites excluding steroid dienone is 4. The fourth-order valence-electron chi connectivity index (χ4n) is 5.70. The van der Waals surface area contributed by atoms with Gasteiger partial charge in [-0.3, -0.25) is 0 Å². The maximum Gasteiger partial charge on any atom is 0.0942 e. The van der Waals surface area contributed by atoms with Gasteiger partial charge in [0.25, 0.3) is 0 Å². The molecule has 0 rings (SSSR count). The van der Waals surface area contributed by atoms with E-state index >= 15 is 0 Å². The minimum absolute atomic E-state index is 0.189. The summed E-state index contributed by atoms with van der Waals surface area (Å²) in [6, 6.07) is 0. The molecule has 0 aromatic rings. The van der Waals surface area contributed by atoms with Gasteiger partial charge in [-0.1, -0.05) is 154 Å². The Morgan fingerprint density at radius 2 is 0.818 bits per heavy atom. The molecule has 0 saturated carbocycles. The van der Waals surface area contributed by atoms with Crippen LogP contribution in [-0.2, 0) is 9.47 Å². The lowest BCUT2D eigenvalue weighted by molar-refractivity contribution is -0.0219. The van der Waals surface area contributed by atoms with Crippen LogP contribution in [0.5, 0.6) is 0 Å². The van der Waals surface area contributed by atoms with Crippen molar-refractivity contribution in [1.29, 1.82) is 0 Å². The van der Waals surface area contributed by atoms with Crippen LogP contribution in [0.1, 0.15) is 194 Å². The van der Waals surface area contributed by atoms with Gasteiger partial charge in [0.15, 0.2) is 0 Å². The Hall–Kier alpha value is 0.0900. The zero-order valence-electron chi connectivity index (χ0n) is 30.2. The first-order chi connectivity index (χ1) is 21.7. The summed E-state index contributed by atoms with van der Waals surface area (Å²) in [5.74, 6) is 0. The first-order valence-electron chi connectivity index (χ1n) is 19.6. The Morgan fingerprint density at radius 3 is 1.20 bits per heavy atom. The van der Waals surface area contributed by atoms with Gasteiger partial charge in [-0.2, -0.15) is 0 Å². The number of ether oxygens (including phenoxy) is 2. The average molecular weight is 732 g/mol. The van der Waals surface area contributed by atoms with Gasteiger partial charge in [0.1, 0.15) is 0 Å². The molecule has 0 aliphatic heterocycles. The Bertz CT molecular complexity index is 580. The minimum Gasteiger partial charge on any atom is -0.379 e. The lowest BCUT2D eigenvalue weighted by Crippen LogP contribution is -2.30. The Labute approximate surface area is 291 Å². The lowest BCUT2D eigenvalue weighted by Gasteiger charge is -2.20. The molecule has 0 aliphatic rings. The molecule has 1 unspecified atom stereocenters. The molecule has 262 valence electrons. The molecule has 0 amide bonds. The Kier molecular flexibility index (Phi) is 39.3. The summed E-state index contributed by atoms with van der Waals surface area (Å²) in [4.78, 5) is 0. The summed E-state index contributed by atoms with van der Waals surface area (Å²) < 4.78 is 14.4. The van der Waals surface area contributed by atoms with E-state index in [1.165, 1.54) is 180 Å². The molecule has 0 spiro atoms. The number of hydrogen-bond acceptors (Lipinski definition) is 3. The molecule has 0 saturated heterocycles. The molecule has 0 heterocycles. The van der Waals surface area contributed by atoms with Crippen molar-refractivity contribution in [3.63, 3.8) is 0 Å². The predicted octanol–water partition coefficient (Wildman–Crippen LogP) is 13.7. The molecule has 3 nitrogen and oxygen atoms in total. The van der Waals surface area contributed by atoms with E-state index in [9.17, 15) is 0 Å². The molecule has 0 fully saturated rings. The molecule has 44 heavy (non-hydrogen) atoms. The van der Waals surface area contributed by atoms with Crippen molar-refractivity contribution in [1.82, 2.24) is 3.11 Å². The van der Waals surface area contributed by atoms with Gasteiger partial charge in [-0.05, 0) is 71.3 Å². The average Bonchev–Trinajstić information content (AvgIpc) is 3.01. The SMILES string of the molecule is CCCCCCCC/C=C\CCCCCCCCOCC(CN(C)I)OCCCCCCCC/C=C\CCCCCCCC. The van der Waals surface area contributed by atoms with E-state index in [1.54, 1.807) is 0 Å². The number of nitrogens with zero attached hydrogens (tertiary/aromatic N) is 1. The molecule has 0 N–H and O–H groups in total. The van der Waals surface area contributed by atoms with Crippen molar-refractivity contribution in [2.24, 2.45) is 0 Å². The second-order valence-electron chi connectivity index (χ2n) is 13.2. The number of unbranched alkanes of at least 4 members (excludes halogenated alkanes) is 24. The summed E-state index contributed by atoms with van der Waals surface area (Å²) in [6.45, 7) is 7.98. The van der Waals surface area contributed by atoms with E-state index in [-0.39, 0.29) is 6.10 Å². The van der Waals surface area contributed by atoms with Gasteiger partial charge in [0.2, 0.25) is 0 Å². The fraction of sp³-hybridized carbons (Fsp3) is 0.900. The van der Waals surface area contributed by atoms with Crippen LogP contribution in [0.3, 0.4) is 0 Å². The van der Waals surface area contributed by atoms with Crippen LogP contribution in [0.2, 0.25) is 0 Å². The second-order valence-corrected chi connectivity index (χ2v) is 14.9. The summed E-state index contributed by atoms with van der Waals surface area (Å²) in [7, 11) is 2.12. The fourth-order valence-corrected chi connectivity index (χ4v) is 6.14. The van der Waals surface area contributed by atoms with E-state index in [4.69, 9.17) is 9.47 Å². The van der Waals surface area contributed by atoms with Crippen molar-refractivity contribution in [2.45, 2.75) is 200 Å². The predicted molar refractivity (Wildman–Crippen MR) is 206 cm³/mol. The largest absolute Gasteiger partial charge is 0.379 e. The Balaban J connectivity index is 3.52. The third-order valence-electron chi connectivity index (χ3n) is 8.57. The van der Waals surface area contributed by atoms with Gasteiger partial charge in [-0.25, -0.2) is 3.11 Å². The summed E-state index contributed by atoms with van der Waals surface area (Å²) in [5.41, 5.74) is 0. The van der Waals surface area contributed by atoms with Crippen molar-refractivity contribution in [2.75, 3.05) is 33.4 Å². The molecule has 0 aromatic carbocycles. The molecule has 0 aromatic heterocycles. The van der Waals surface area contributed by atoms with E-state index in [0.29, 0.717) is 0 Å². The van der Waals surface area contributed by atoms with Gasteiger partial charge in [-0.15, -0.1) is 0 Å². The number of likely N-dealkylation sites (N-methyl/N-ethyl adjacent to an activating group) is 1. The topological polar surface area (TPSA) is 21.7 Å². The van der Waals surface area contributed by atoms with Crippen molar-refractivity contribution >= 4 is 22.9 Å². The maximum atomic E-state index is 6.22. The molecule has 0 aliphatic carbocycles. The van der Waals surface area contributed by atoms with Crippen LogP contribution in [0.4, 0.5) is 0 Å². The lowest BCUT2D eigenvalue weighted by atomic mass is 10.1. The van der Waals surface area contributed by atoms with Crippen molar-refractivity contribution in [3.05, 3.63) is 24.3 Å². The third kappa shape index (κ3) is 38.3. The molecule has 0 bridgehead atoms. The van der Waals surface area contributed by atoms with E-state index in [0.717, 1.165) is 26.4 Å². The molecular formula is C40H78INO2. The highest BCUT2D eigenvalue weighted by Crippen LogP contribution is 2.12. The van der Waals surface area contributed by atoms with Crippen LogP contribution in [0.15, 0.2) is 24.3 Å². The van der Waals surface area contributed by atoms with Crippen LogP contribution in [0, 0.1) is 0 Å². The highest BCUT2D eigenvalue weighted by atomic mass is 127. The first kappa shape index (κ1) is 44.1. The standard InChI is InChI=1S/C40H78INO2/c1-4-6-8-10-12-14-16-18-20-22-24-26-28-30-32-34-36-43-39-40(38-42(3)41)44-37-35-33-31-29-27-25-23-21-19-17-15-13-11-9-7-5-2/h18-21,40H,4-17,22-39H2,1-3H3/b20-18-,21-19-. The van der Waals surface area contributed by atoms with Gasteiger partial charge < -0.3 is 9.47 Å². The van der Waals surface area contributed by atoms with Crippen LogP contribution in [0.25, 0.3) is 0 Å². The van der Waals surface area contributed by atoms with Crippen LogP contribution < -0.4 is 0 Å². The molecular weight excluding hydrogens is 653 g/mol. The quantitative estimate of drug-likeness (QED) is 0.0275. The summed E-state index contributed by atoms with van der Waals surface area (Å²) >= 11 is 2.36. The third-order valence-corrected chi connectivity index (χ3v) is 8.96. The summed E-state index contributed by atoms with van der Waals surface area (Å²) in [5, 5.41) is 0. The monoisotopic (exact) mass is 732 g/mol. The highest BCUT2D eigenvalue weighted by molar-refractivity contribution is 14.1. The number of hydrogen-bond donors (Lipinski definition) is 0. The van der Waals surface area contributed by atoms with Crippen LogP contribution in [-0.4, -0.2) is 42.6 Å². The normalized spacial score (nSPS) is 12.8.